The summed E-state index contributed by atoms with van der Waals surface area (Å²) in [6.07, 6.45) is 8.52. The first-order chi connectivity index (χ1) is 8.71. The maximum absolute atomic E-state index is 12.4. The first-order valence-corrected chi connectivity index (χ1v) is 7.30. The van der Waals surface area contributed by atoms with Crippen LogP contribution in [0.3, 0.4) is 0 Å². The number of aliphatic hydroxyl groups is 1. The first-order valence-electron chi connectivity index (χ1n) is 7.30. The number of rotatable bonds is 4. The zero-order chi connectivity index (χ0) is 13.0. The fourth-order valence-corrected chi connectivity index (χ4v) is 3.49. The Labute approximate surface area is 110 Å². The fourth-order valence-electron chi connectivity index (χ4n) is 3.49. The molecular formula is C14H26N2O2. The number of likely N-dealkylation sites (tertiary alicyclic amines) is 1. The van der Waals surface area contributed by atoms with Crippen LogP contribution in [0.4, 0.5) is 0 Å². The van der Waals surface area contributed by atoms with Crippen LogP contribution in [-0.2, 0) is 4.79 Å². The lowest BCUT2D eigenvalue weighted by Gasteiger charge is -2.38. The van der Waals surface area contributed by atoms with Crippen LogP contribution in [0.25, 0.3) is 0 Å². The van der Waals surface area contributed by atoms with E-state index in [1.165, 1.54) is 19.3 Å². The molecule has 1 heterocycles. The predicted molar refractivity (Wildman–Crippen MR) is 71.3 cm³/mol. The van der Waals surface area contributed by atoms with E-state index in [4.69, 9.17) is 0 Å². The summed E-state index contributed by atoms with van der Waals surface area (Å²) in [5.41, 5.74) is 0.0118. The van der Waals surface area contributed by atoms with E-state index in [-0.39, 0.29) is 24.1 Å². The molecule has 1 aliphatic carbocycles. The zero-order valence-corrected chi connectivity index (χ0v) is 11.5. The minimum Gasteiger partial charge on any atom is -0.394 e. The molecule has 2 fully saturated rings. The highest BCUT2D eigenvalue weighted by molar-refractivity contribution is 5.78. The van der Waals surface area contributed by atoms with E-state index in [2.05, 4.69) is 5.32 Å². The van der Waals surface area contributed by atoms with Gasteiger partial charge >= 0.3 is 0 Å². The van der Waals surface area contributed by atoms with Gasteiger partial charge in [-0.05, 0) is 32.7 Å². The summed E-state index contributed by atoms with van der Waals surface area (Å²) in [7, 11) is 1.98. The van der Waals surface area contributed by atoms with Gasteiger partial charge in [0.15, 0.2) is 0 Å². The Hall–Kier alpha value is -0.610. The maximum Gasteiger partial charge on any atom is 0.224 e. The monoisotopic (exact) mass is 254 g/mol. The van der Waals surface area contributed by atoms with E-state index < -0.39 is 0 Å². The Morgan fingerprint density at radius 2 is 2.06 bits per heavy atom. The number of carbonyl (C=O) groups is 1. The highest BCUT2D eigenvalue weighted by Crippen LogP contribution is 2.32. The molecule has 0 aromatic heterocycles. The first kappa shape index (κ1) is 13.8. The molecule has 0 aromatic rings. The van der Waals surface area contributed by atoms with Gasteiger partial charge in [0.1, 0.15) is 0 Å². The molecule has 2 aliphatic rings. The highest BCUT2D eigenvalue weighted by atomic mass is 16.3. The molecule has 0 radical (unpaired) electrons. The lowest BCUT2D eigenvalue weighted by atomic mass is 9.79. The van der Waals surface area contributed by atoms with Crippen molar-refractivity contribution >= 4 is 5.91 Å². The average Bonchev–Trinajstić information content (AvgIpc) is 2.88. The van der Waals surface area contributed by atoms with Crippen molar-refractivity contribution in [1.82, 2.24) is 10.2 Å². The van der Waals surface area contributed by atoms with E-state index in [0.717, 1.165) is 32.2 Å². The van der Waals surface area contributed by atoms with Gasteiger partial charge < -0.3 is 15.3 Å². The van der Waals surface area contributed by atoms with Crippen molar-refractivity contribution in [2.24, 2.45) is 0 Å². The van der Waals surface area contributed by atoms with Crippen LogP contribution in [0.2, 0.25) is 0 Å². The number of nitrogens with zero attached hydrogens (tertiary/aromatic N) is 1. The van der Waals surface area contributed by atoms with Gasteiger partial charge in [-0.2, -0.15) is 0 Å². The Morgan fingerprint density at radius 3 is 2.67 bits per heavy atom. The van der Waals surface area contributed by atoms with E-state index >= 15 is 0 Å². The minimum atomic E-state index is 0.0118. The van der Waals surface area contributed by atoms with Gasteiger partial charge in [0.2, 0.25) is 5.91 Å². The molecule has 1 saturated carbocycles. The SMILES string of the molecule is CNC1(CC(=O)N2CCCC2CO)CCCCC1. The Bertz CT molecular complexity index is 288. The van der Waals surface area contributed by atoms with E-state index in [0.29, 0.717) is 6.42 Å². The number of nitrogens with one attached hydrogen (secondary N) is 1. The van der Waals surface area contributed by atoms with Crippen LogP contribution in [0.5, 0.6) is 0 Å². The third kappa shape index (κ3) is 2.86. The third-order valence-corrected chi connectivity index (χ3v) is 4.74. The number of carbonyl (C=O) groups excluding carboxylic acids is 1. The van der Waals surface area contributed by atoms with Crippen molar-refractivity contribution in [2.75, 3.05) is 20.2 Å². The van der Waals surface area contributed by atoms with Crippen molar-refractivity contribution in [3.8, 4) is 0 Å². The second-order valence-electron chi connectivity index (χ2n) is 5.83. The molecule has 0 bridgehead atoms. The van der Waals surface area contributed by atoms with Gasteiger partial charge in [0, 0.05) is 18.5 Å². The van der Waals surface area contributed by atoms with Crippen LogP contribution in [0.1, 0.15) is 51.4 Å². The second kappa shape index (κ2) is 6.02. The molecule has 1 amide bonds. The zero-order valence-electron chi connectivity index (χ0n) is 11.5. The third-order valence-electron chi connectivity index (χ3n) is 4.74. The van der Waals surface area contributed by atoms with Crippen LogP contribution in [0.15, 0.2) is 0 Å². The lowest BCUT2D eigenvalue weighted by Crippen LogP contribution is -2.50. The molecule has 2 rings (SSSR count). The summed E-state index contributed by atoms with van der Waals surface area (Å²) < 4.78 is 0. The summed E-state index contributed by atoms with van der Waals surface area (Å²) in [4.78, 5) is 14.3. The van der Waals surface area contributed by atoms with Gasteiger partial charge in [0.25, 0.3) is 0 Å². The number of hydrogen-bond acceptors (Lipinski definition) is 3. The molecule has 4 nitrogen and oxygen atoms in total. The largest absolute Gasteiger partial charge is 0.394 e. The van der Waals surface area contributed by atoms with Crippen LogP contribution in [0, 0.1) is 0 Å². The molecule has 1 unspecified atom stereocenters. The Kier molecular flexibility index (Phi) is 4.62. The molecule has 0 spiro atoms. The fraction of sp³-hybridized carbons (Fsp3) is 0.929. The Balaban J connectivity index is 1.96. The summed E-state index contributed by atoms with van der Waals surface area (Å²) >= 11 is 0. The van der Waals surface area contributed by atoms with Crippen molar-refractivity contribution < 1.29 is 9.90 Å². The number of aliphatic hydroxyl groups excluding tert-OH is 1. The topological polar surface area (TPSA) is 52.6 Å². The lowest BCUT2D eigenvalue weighted by molar-refractivity contribution is -0.134. The number of amides is 1. The molecule has 1 saturated heterocycles. The molecule has 1 atom stereocenters. The van der Waals surface area contributed by atoms with Crippen LogP contribution in [-0.4, -0.2) is 47.7 Å². The molecule has 18 heavy (non-hydrogen) atoms. The van der Waals surface area contributed by atoms with E-state index in [1.54, 1.807) is 0 Å². The second-order valence-corrected chi connectivity index (χ2v) is 5.83. The Morgan fingerprint density at radius 1 is 1.33 bits per heavy atom. The smallest absolute Gasteiger partial charge is 0.224 e. The molecular weight excluding hydrogens is 228 g/mol. The van der Waals surface area contributed by atoms with Gasteiger partial charge in [-0.25, -0.2) is 0 Å². The quantitative estimate of drug-likeness (QED) is 0.794. The molecule has 4 heteroatoms. The van der Waals surface area contributed by atoms with Crippen LogP contribution >= 0.6 is 0 Å². The van der Waals surface area contributed by atoms with Gasteiger partial charge in [-0.3, -0.25) is 4.79 Å². The molecule has 104 valence electrons. The maximum atomic E-state index is 12.4. The highest BCUT2D eigenvalue weighted by Gasteiger charge is 2.36. The van der Waals surface area contributed by atoms with Crippen molar-refractivity contribution in [3.63, 3.8) is 0 Å². The van der Waals surface area contributed by atoms with E-state index in [1.807, 2.05) is 11.9 Å². The van der Waals surface area contributed by atoms with Crippen molar-refractivity contribution in [2.45, 2.75) is 62.9 Å². The van der Waals surface area contributed by atoms with Gasteiger partial charge in [-0.15, -0.1) is 0 Å². The summed E-state index contributed by atoms with van der Waals surface area (Å²) in [6.45, 7) is 0.933. The summed E-state index contributed by atoms with van der Waals surface area (Å²) in [5, 5.41) is 12.7. The van der Waals surface area contributed by atoms with Crippen LogP contribution < -0.4 is 5.32 Å². The van der Waals surface area contributed by atoms with Crippen molar-refractivity contribution in [3.05, 3.63) is 0 Å². The van der Waals surface area contributed by atoms with E-state index in [9.17, 15) is 9.90 Å². The molecule has 2 N–H and O–H groups in total. The number of hydrogen-bond donors (Lipinski definition) is 2. The average molecular weight is 254 g/mol. The normalized spacial score (nSPS) is 27.4. The summed E-state index contributed by atoms with van der Waals surface area (Å²) in [6, 6.07) is 0.0648. The standard InChI is InChI=1S/C14H26N2O2/c1-15-14(7-3-2-4-8-14)10-13(18)16-9-5-6-12(16)11-17/h12,15,17H,2-11H2,1H3. The summed E-state index contributed by atoms with van der Waals surface area (Å²) in [5.74, 6) is 0.225. The minimum absolute atomic E-state index is 0.0118. The molecule has 0 aromatic carbocycles. The van der Waals surface area contributed by atoms with Gasteiger partial charge in [0.05, 0.1) is 12.6 Å². The molecule has 1 aliphatic heterocycles. The van der Waals surface area contributed by atoms with Gasteiger partial charge in [-0.1, -0.05) is 19.3 Å². The van der Waals surface area contributed by atoms with Crippen molar-refractivity contribution in [1.29, 1.82) is 0 Å². The predicted octanol–water partition coefficient (Wildman–Crippen LogP) is 1.28.